The van der Waals surface area contributed by atoms with Crippen LogP contribution in [0.15, 0.2) is 11.6 Å². The summed E-state index contributed by atoms with van der Waals surface area (Å²) in [5.41, 5.74) is 0.642. The summed E-state index contributed by atoms with van der Waals surface area (Å²) in [5, 5.41) is 0. The van der Waals surface area contributed by atoms with Gasteiger partial charge in [-0.25, -0.2) is 9.37 Å². The monoisotopic (exact) mass is 258 g/mol. The molecule has 3 nitrogen and oxygen atoms in total. The van der Waals surface area contributed by atoms with E-state index in [0.717, 1.165) is 19.3 Å². The minimum atomic E-state index is -1.80. The molecular weight excluding hydrogens is 232 g/mol. The summed E-state index contributed by atoms with van der Waals surface area (Å²) < 4.78 is 5.14. The van der Waals surface area contributed by atoms with Gasteiger partial charge in [0.05, 0.1) is 0 Å². The van der Waals surface area contributed by atoms with E-state index in [1.807, 2.05) is 25.7 Å². The van der Waals surface area contributed by atoms with Crippen molar-refractivity contribution < 1.29 is 14.3 Å². The molecule has 0 radical (unpaired) electrons. The quantitative estimate of drug-likeness (QED) is 0.299. The Morgan fingerprint density at radius 1 is 1.29 bits per heavy atom. The number of allylic oxidation sites excluding steroid dienone is 1. The SMILES string of the molecule is CCCC(C=C(C)C(=O)OO[Si](C)(C)C)CC. The largest absolute Gasteiger partial charge is 0.367 e. The van der Waals surface area contributed by atoms with Gasteiger partial charge in [0.15, 0.2) is 0 Å². The van der Waals surface area contributed by atoms with Crippen LogP contribution in [0, 0.1) is 5.92 Å². The van der Waals surface area contributed by atoms with Gasteiger partial charge in [-0.15, -0.1) is 0 Å². The summed E-state index contributed by atoms with van der Waals surface area (Å²) in [6.07, 6.45) is 5.28. The Hall–Kier alpha value is -0.613. The Labute approximate surface area is 106 Å². The van der Waals surface area contributed by atoms with Crippen LogP contribution in [0.5, 0.6) is 0 Å². The molecule has 0 saturated carbocycles. The van der Waals surface area contributed by atoms with Crippen molar-refractivity contribution in [3.05, 3.63) is 11.6 Å². The molecular formula is C13H26O3Si. The van der Waals surface area contributed by atoms with Crippen molar-refractivity contribution in [3.63, 3.8) is 0 Å². The van der Waals surface area contributed by atoms with Gasteiger partial charge in [0.2, 0.25) is 8.32 Å². The molecule has 0 N–H and O–H groups in total. The Balaban J connectivity index is 4.32. The lowest BCUT2D eigenvalue weighted by atomic mass is 9.98. The Morgan fingerprint density at radius 3 is 2.29 bits per heavy atom. The molecule has 0 bridgehead atoms. The van der Waals surface area contributed by atoms with Crippen molar-refractivity contribution >= 4 is 14.3 Å². The predicted molar refractivity (Wildman–Crippen MR) is 73.0 cm³/mol. The zero-order chi connectivity index (χ0) is 13.5. The fourth-order valence-electron chi connectivity index (χ4n) is 1.43. The van der Waals surface area contributed by atoms with Crippen LogP contribution in [0.4, 0.5) is 0 Å². The molecule has 0 aromatic carbocycles. The van der Waals surface area contributed by atoms with E-state index >= 15 is 0 Å². The van der Waals surface area contributed by atoms with Crippen LogP contribution in [0.1, 0.15) is 40.0 Å². The van der Waals surface area contributed by atoms with E-state index in [0.29, 0.717) is 11.5 Å². The molecule has 0 aliphatic heterocycles. The lowest BCUT2D eigenvalue weighted by Gasteiger charge is -2.15. The van der Waals surface area contributed by atoms with Crippen molar-refractivity contribution in [2.24, 2.45) is 5.92 Å². The normalized spacial score (nSPS) is 14.6. The molecule has 1 atom stereocenters. The fraction of sp³-hybridized carbons (Fsp3) is 0.769. The van der Waals surface area contributed by atoms with E-state index in [1.165, 1.54) is 0 Å². The van der Waals surface area contributed by atoms with Gasteiger partial charge in [-0.3, -0.25) is 0 Å². The lowest BCUT2D eigenvalue weighted by molar-refractivity contribution is -0.214. The number of carbonyl (C=O) groups is 1. The highest BCUT2D eigenvalue weighted by Crippen LogP contribution is 2.15. The van der Waals surface area contributed by atoms with Gasteiger partial charge >= 0.3 is 5.97 Å². The third kappa shape index (κ3) is 8.16. The van der Waals surface area contributed by atoms with Crippen LogP contribution in [0.25, 0.3) is 0 Å². The van der Waals surface area contributed by atoms with Crippen LogP contribution in [0.2, 0.25) is 19.6 Å². The van der Waals surface area contributed by atoms with E-state index < -0.39 is 8.32 Å². The van der Waals surface area contributed by atoms with E-state index in [1.54, 1.807) is 6.92 Å². The Kier molecular flexibility index (Phi) is 7.39. The summed E-state index contributed by atoms with van der Waals surface area (Å²) in [7, 11) is -1.80. The molecule has 0 aliphatic rings. The molecule has 17 heavy (non-hydrogen) atoms. The smallest absolute Gasteiger partial charge is 0.305 e. The highest BCUT2D eigenvalue weighted by atomic mass is 28.4. The zero-order valence-corrected chi connectivity index (χ0v) is 13.0. The zero-order valence-electron chi connectivity index (χ0n) is 12.0. The van der Waals surface area contributed by atoms with E-state index in [-0.39, 0.29) is 5.97 Å². The topological polar surface area (TPSA) is 35.5 Å². The Bertz CT molecular complexity index is 266. The summed E-state index contributed by atoms with van der Waals surface area (Å²) >= 11 is 0. The van der Waals surface area contributed by atoms with Crippen molar-refractivity contribution in [1.82, 2.24) is 0 Å². The molecule has 0 heterocycles. The van der Waals surface area contributed by atoms with Gasteiger partial charge in [-0.05, 0) is 45.3 Å². The van der Waals surface area contributed by atoms with Crippen molar-refractivity contribution in [1.29, 1.82) is 0 Å². The molecule has 0 amide bonds. The fourth-order valence-corrected chi connectivity index (χ4v) is 1.75. The van der Waals surface area contributed by atoms with Crippen molar-refractivity contribution in [2.45, 2.75) is 59.7 Å². The van der Waals surface area contributed by atoms with Gasteiger partial charge < -0.3 is 4.89 Å². The molecule has 0 aromatic heterocycles. The van der Waals surface area contributed by atoms with Crippen molar-refractivity contribution in [3.8, 4) is 0 Å². The first-order valence-corrected chi connectivity index (χ1v) is 9.79. The summed E-state index contributed by atoms with van der Waals surface area (Å²) in [5.74, 6) is 0.0985. The second kappa shape index (κ2) is 7.66. The minimum absolute atomic E-state index is 0.359. The third-order valence-electron chi connectivity index (χ3n) is 2.36. The van der Waals surface area contributed by atoms with Crippen LogP contribution in [-0.4, -0.2) is 14.3 Å². The maximum absolute atomic E-state index is 11.7. The summed E-state index contributed by atoms with van der Waals surface area (Å²) in [4.78, 5) is 16.5. The molecule has 4 heteroatoms. The first-order chi connectivity index (χ1) is 7.80. The number of hydrogen-bond acceptors (Lipinski definition) is 3. The maximum atomic E-state index is 11.7. The lowest BCUT2D eigenvalue weighted by Crippen LogP contribution is -2.27. The van der Waals surface area contributed by atoms with Gasteiger partial charge in [0.25, 0.3) is 0 Å². The second-order valence-electron chi connectivity index (χ2n) is 5.37. The van der Waals surface area contributed by atoms with Crippen LogP contribution in [0.3, 0.4) is 0 Å². The second-order valence-corrected chi connectivity index (χ2v) is 9.76. The maximum Gasteiger partial charge on any atom is 0.367 e. The summed E-state index contributed by atoms with van der Waals surface area (Å²) in [6.45, 7) is 12.0. The molecule has 0 aromatic rings. The standard InChI is InChI=1S/C13H26O3Si/c1-7-9-12(8-2)10-11(3)13(14)15-16-17(4,5)6/h10,12H,7-9H2,1-6H3. The first-order valence-electron chi connectivity index (χ1n) is 6.38. The van der Waals surface area contributed by atoms with E-state index in [2.05, 4.69) is 13.8 Å². The summed E-state index contributed by atoms with van der Waals surface area (Å²) in [6, 6.07) is 0. The van der Waals surface area contributed by atoms with Crippen LogP contribution in [-0.2, 0) is 14.3 Å². The average molecular weight is 258 g/mol. The van der Waals surface area contributed by atoms with Gasteiger partial charge in [0, 0.05) is 5.57 Å². The van der Waals surface area contributed by atoms with Crippen LogP contribution >= 0.6 is 0 Å². The van der Waals surface area contributed by atoms with E-state index in [4.69, 9.17) is 9.46 Å². The average Bonchev–Trinajstić information content (AvgIpc) is 2.23. The van der Waals surface area contributed by atoms with Crippen LogP contribution < -0.4 is 0 Å². The molecule has 0 spiro atoms. The highest BCUT2D eigenvalue weighted by Gasteiger charge is 2.20. The molecule has 1 unspecified atom stereocenters. The van der Waals surface area contributed by atoms with Gasteiger partial charge in [-0.2, -0.15) is 0 Å². The number of hydrogen-bond donors (Lipinski definition) is 0. The molecule has 0 aliphatic carbocycles. The van der Waals surface area contributed by atoms with Crippen molar-refractivity contribution in [2.75, 3.05) is 0 Å². The highest BCUT2D eigenvalue weighted by molar-refractivity contribution is 6.69. The molecule has 0 saturated heterocycles. The molecule has 100 valence electrons. The minimum Gasteiger partial charge on any atom is -0.305 e. The van der Waals surface area contributed by atoms with E-state index in [9.17, 15) is 4.79 Å². The number of rotatable bonds is 7. The third-order valence-corrected chi connectivity index (χ3v) is 2.94. The first kappa shape index (κ1) is 16.4. The Morgan fingerprint density at radius 2 is 1.88 bits per heavy atom. The number of carbonyl (C=O) groups excluding carboxylic acids is 1. The van der Waals surface area contributed by atoms with Gasteiger partial charge in [0.1, 0.15) is 0 Å². The predicted octanol–water partition coefficient (Wildman–Crippen LogP) is 4.07. The molecule has 0 fully saturated rings. The van der Waals surface area contributed by atoms with Gasteiger partial charge in [-0.1, -0.05) is 26.3 Å². The molecule has 0 rings (SSSR count).